The lowest BCUT2D eigenvalue weighted by Crippen LogP contribution is -2.35. The second-order valence-corrected chi connectivity index (χ2v) is 10.2. The van der Waals surface area contributed by atoms with E-state index in [0.29, 0.717) is 18.0 Å². The number of hydrogen-bond donors (Lipinski definition) is 2. The van der Waals surface area contributed by atoms with E-state index in [1.807, 2.05) is 24.3 Å². The van der Waals surface area contributed by atoms with Crippen LogP contribution in [0.15, 0.2) is 59.6 Å². The van der Waals surface area contributed by atoms with Gasteiger partial charge in [-0.25, -0.2) is 18.1 Å². The van der Waals surface area contributed by atoms with Gasteiger partial charge in [-0.1, -0.05) is 24.3 Å². The van der Waals surface area contributed by atoms with E-state index in [2.05, 4.69) is 20.0 Å². The molecule has 3 aromatic rings. The molecule has 10 nitrogen and oxygen atoms in total. The number of para-hydroxylation sites is 3. The highest BCUT2D eigenvalue weighted by Crippen LogP contribution is 2.29. The van der Waals surface area contributed by atoms with Crippen molar-refractivity contribution >= 4 is 32.7 Å². The summed E-state index contributed by atoms with van der Waals surface area (Å²) in [5.74, 6) is 0.161. The molecule has 0 radical (unpaired) electrons. The summed E-state index contributed by atoms with van der Waals surface area (Å²) in [5, 5.41) is 14.1. The van der Waals surface area contributed by atoms with Crippen LogP contribution in [0.25, 0.3) is 11.0 Å². The maximum Gasteiger partial charge on any atom is 0.289 e. The zero-order chi connectivity index (χ0) is 24.1. The highest BCUT2D eigenvalue weighted by atomic mass is 32.2. The first-order valence-corrected chi connectivity index (χ1v) is 12.5. The number of carbonyl (C=O) groups is 1. The Labute approximate surface area is 197 Å². The smallest absolute Gasteiger partial charge is 0.289 e. The third-order valence-corrected chi connectivity index (χ3v) is 7.58. The topological polar surface area (TPSA) is 144 Å². The first-order chi connectivity index (χ1) is 16.3. The van der Waals surface area contributed by atoms with E-state index < -0.39 is 20.6 Å². The number of amides is 1. The molecule has 34 heavy (non-hydrogen) atoms. The summed E-state index contributed by atoms with van der Waals surface area (Å²) >= 11 is 0. The fourth-order valence-corrected chi connectivity index (χ4v) is 5.46. The first kappa shape index (κ1) is 23.7. The Kier molecular flexibility index (Phi) is 7.13. The molecule has 0 bridgehead atoms. The average molecular weight is 484 g/mol. The number of nitrogens with one attached hydrogen (secondary N) is 2. The van der Waals surface area contributed by atoms with Crippen LogP contribution in [0.5, 0.6) is 0 Å². The number of aromatic nitrogens is 2. The van der Waals surface area contributed by atoms with Gasteiger partial charge in [0.05, 0.1) is 22.2 Å². The van der Waals surface area contributed by atoms with E-state index in [-0.39, 0.29) is 29.0 Å². The molecular weight excluding hydrogens is 458 g/mol. The third kappa shape index (κ3) is 5.54. The molecule has 0 spiro atoms. The number of nitrogens with zero attached hydrogens (tertiary/aromatic N) is 3. The Morgan fingerprint density at radius 1 is 0.971 bits per heavy atom. The van der Waals surface area contributed by atoms with Gasteiger partial charge in [-0.15, -0.1) is 0 Å². The predicted molar refractivity (Wildman–Crippen MR) is 126 cm³/mol. The molecule has 11 heteroatoms. The molecule has 4 rings (SSSR count). The highest BCUT2D eigenvalue weighted by molar-refractivity contribution is 7.89. The summed E-state index contributed by atoms with van der Waals surface area (Å²) in [6.07, 6.45) is 4.77. The van der Waals surface area contributed by atoms with Crippen molar-refractivity contribution < 1.29 is 18.1 Å². The Hall–Kier alpha value is -3.44. The molecule has 178 valence electrons. The number of rotatable bonds is 8. The Morgan fingerprint density at radius 2 is 1.59 bits per heavy atom. The quantitative estimate of drug-likeness (QED) is 0.370. The number of carbonyl (C=O) groups excluding carboxylic acids is 1. The van der Waals surface area contributed by atoms with Crippen LogP contribution in [0.1, 0.15) is 36.2 Å². The van der Waals surface area contributed by atoms with Gasteiger partial charge in [-0.05, 0) is 55.7 Å². The van der Waals surface area contributed by atoms with Crippen LogP contribution in [0.2, 0.25) is 0 Å². The van der Waals surface area contributed by atoms with Gasteiger partial charge in [0.2, 0.25) is 10.0 Å². The summed E-state index contributed by atoms with van der Waals surface area (Å²) in [5.41, 5.74) is 1.23. The van der Waals surface area contributed by atoms with Gasteiger partial charge in [-0.2, -0.15) is 0 Å². The third-order valence-electron chi connectivity index (χ3n) is 6.11. The van der Waals surface area contributed by atoms with E-state index >= 15 is 0 Å². The molecule has 1 aromatic heterocycles. The van der Waals surface area contributed by atoms with Crippen molar-refractivity contribution in [2.75, 3.05) is 13.1 Å². The summed E-state index contributed by atoms with van der Waals surface area (Å²) in [7, 11) is -3.98. The van der Waals surface area contributed by atoms with E-state index in [0.717, 1.165) is 31.2 Å². The lowest BCUT2D eigenvalue weighted by molar-refractivity contribution is -0.387. The zero-order valence-electron chi connectivity index (χ0n) is 18.4. The summed E-state index contributed by atoms with van der Waals surface area (Å²) in [4.78, 5) is 31.2. The van der Waals surface area contributed by atoms with E-state index in [9.17, 15) is 23.3 Å². The Bertz CT molecular complexity index is 1310. The van der Waals surface area contributed by atoms with Crippen molar-refractivity contribution in [1.29, 1.82) is 0 Å². The number of fused-ring (bicyclic) bond motifs is 1. The molecule has 0 atom stereocenters. The number of hydrogen-bond acceptors (Lipinski definition) is 7. The van der Waals surface area contributed by atoms with Crippen molar-refractivity contribution in [2.45, 2.75) is 30.6 Å². The monoisotopic (exact) mass is 483 g/mol. The minimum atomic E-state index is -3.98. The standard InChI is InChI=1S/C23H25N5O5S/c29-23(20-15-24-18-5-1-2-6-19(18)27-20)25-13-16-9-11-17(12-10-16)14-26-34(32,33)22-8-4-3-7-21(22)28(30)31/h1-8,15-17,26H,9-14H2,(H,25,29). The number of benzene rings is 2. The molecule has 1 aliphatic rings. The molecule has 1 heterocycles. The lowest BCUT2D eigenvalue weighted by Gasteiger charge is -2.28. The summed E-state index contributed by atoms with van der Waals surface area (Å²) in [6, 6.07) is 12.7. The van der Waals surface area contributed by atoms with Crippen LogP contribution in [-0.4, -0.2) is 42.3 Å². The van der Waals surface area contributed by atoms with Crippen molar-refractivity contribution in [3.05, 3.63) is 70.5 Å². The number of sulfonamides is 1. The SMILES string of the molecule is O=C(NCC1CCC(CNS(=O)(=O)c2ccccc2[N+](=O)[O-])CC1)c1cnc2ccccc2n1. The molecule has 1 amide bonds. The van der Waals surface area contributed by atoms with Crippen LogP contribution in [0.3, 0.4) is 0 Å². The maximum absolute atomic E-state index is 12.6. The second kappa shape index (κ2) is 10.2. The van der Waals surface area contributed by atoms with Crippen LogP contribution in [0.4, 0.5) is 5.69 Å². The van der Waals surface area contributed by atoms with Gasteiger partial charge in [0.1, 0.15) is 5.69 Å². The van der Waals surface area contributed by atoms with Gasteiger partial charge >= 0.3 is 0 Å². The Balaban J connectivity index is 1.25. The molecule has 2 aromatic carbocycles. The number of nitro groups is 1. The summed E-state index contributed by atoms with van der Waals surface area (Å²) < 4.78 is 27.7. The fraction of sp³-hybridized carbons (Fsp3) is 0.348. The molecule has 1 fully saturated rings. The largest absolute Gasteiger partial charge is 0.350 e. The van der Waals surface area contributed by atoms with Crippen LogP contribution in [0, 0.1) is 22.0 Å². The van der Waals surface area contributed by atoms with Crippen molar-refractivity contribution in [2.24, 2.45) is 11.8 Å². The second-order valence-electron chi connectivity index (χ2n) is 8.42. The minimum Gasteiger partial charge on any atom is -0.350 e. The van der Waals surface area contributed by atoms with E-state index in [4.69, 9.17) is 0 Å². The average Bonchev–Trinajstić information content (AvgIpc) is 2.86. The van der Waals surface area contributed by atoms with Crippen LogP contribution >= 0.6 is 0 Å². The first-order valence-electron chi connectivity index (χ1n) is 11.1. The number of nitro benzene ring substituents is 1. The van der Waals surface area contributed by atoms with Gasteiger partial charge in [0.15, 0.2) is 4.90 Å². The van der Waals surface area contributed by atoms with Crippen LogP contribution < -0.4 is 10.0 Å². The van der Waals surface area contributed by atoms with Gasteiger partial charge in [-0.3, -0.25) is 19.9 Å². The molecular formula is C23H25N5O5S. The predicted octanol–water partition coefficient (Wildman–Crippen LogP) is 3.05. The molecule has 0 unspecified atom stereocenters. The normalized spacial score (nSPS) is 18.5. The van der Waals surface area contributed by atoms with Gasteiger partial charge < -0.3 is 5.32 Å². The van der Waals surface area contributed by atoms with E-state index in [1.54, 1.807) is 0 Å². The van der Waals surface area contributed by atoms with Gasteiger partial charge in [0.25, 0.3) is 11.6 Å². The molecule has 2 N–H and O–H groups in total. The fourth-order valence-electron chi connectivity index (χ4n) is 4.17. The minimum absolute atomic E-state index is 0.135. The van der Waals surface area contributed by atoms with Crippen molar-refractivity contribution in [1.82, 2.24) is 20.0 Å². The highest BCUT2D eigenvalue weighted by Gasteiger charge is 2.27. The molecule has 0 aliphatic heterocycles. The van der Waals surface area contributed by atoms with Crippen LogP contribution in [-0.2, 0) is 10.0 Å². The Morgan fingerprint density at radius 3 is 2.29 bits per heavy atom. The maximum atomic E-state index is 12.6. The zero-order valence-corrected chi connectivity index (χ0v) is 19.2. The molecule has 0 saturated heterocycles. The van der Waals surface area contributed by atoms with Crippen molar-refractivity contribution in [3.63, 3.8) is 0 Å². The lowest BCUT2D eigenvalue weighted by atomic mass is 9.82. The van der Waals surface area contributed by atoms with E-state index in [1.165, 1.54) is 30.5 Å². The van der Waals surface area contributed by atoms with Crippen molar-refractivity contribution in [3.8, 4) is 0 Å². The molecule has 1 aliphatic carbocycles. The molecule has 1 saturated carbocycles. The summed E-state index contributed by atoms with van der Waals surface area (Å²) in [6.45, 7) is 0.738. The van der Waals surface area contributed by atoms with Gasteiger partial charge in [0, 0.05) is 19.2 Å².